The Morgan fingerprint density at radius 3 is 2.65 bits per heavy atom. The Morgan fingerprint density at radius 2 is 1.91 bits per heavy atom. The first-order valence-corrected chi connectivity index (χ1v) is 10.5. The second-order valence-electron chi connectivity index (χ2n) is 7.30. The monoisotopic (exact) mass is 482 g/mol. The van der Waals surface area contributed by atoms with E-state index in [2.05, 4.69) is 37.4 Å². The van der Waals surface area contributed by atoms with Gasteiger partial charge in [-0.3, -0.25) is 9.89 Å². The second-order valence-corrected chi connectivity index (χ2v) is 7.71. The number of amides is 1. The smallest absolute Gasteiger partial charge is 0.272 e. The molecule has 34 heavy (non-hydrogen) atoms. The third-order valence-corrected chi connectivity index (χ3v) is 5.08. The lowest BCUT2D eigenvalue weighted by atomic mass is 10.2. The topological polar surface area (TPSA) is 125 Å². The van der Waals surface area contributed by atoms with Crippen molar-refractivity contribution in [3.63, 3.8) is 0 Å². The summed E-state index contributed by atoms with van der Waals surface area (Å²) in [6.07, 6.45) is 1.29. The molecule has 0 atom stereocenters. The number of hydrogen-bond acceptors (Lipinski definition) is 7. The van der Waals surface area contributed by atoms with Crippen LogP contribution in [0.5, 0.6) is 5.75 Å². The summed E-state index contributed by atoms with van der Waals surface area (Å²) in [6.45, 7) is 4.00. The highest BCUT2D eigenvalue weighted by molar-refractivity contribution is 6.30. The molecule has 4 rings (SSSR count). The van der Waals surface area contributed by atoms with Gasteiger partial charge in [0.25, 0.3) is 5.91 Å². The van der Waals surface area contributed by atoms with E-state index >= 15 is 0 Å². The lowest BCUT2D eigenvalue weighted by molar-refractivity contribution is 0.0947. The van der Waals surface area contributed by atoms with E-state index in [9.17, 15) is 9.18 Å². The maximum atomic E-state index is 13.3. The van der Waals surface area contributed by atoms with E-state index < -0.39 is 11.7 Å². The lowest BCUT2D eigenvalue weighted by Crippen LogP contribution is -2.24. The highest BCUT2D eigenvalue weighted by Gasteiger charge is 2.17. The van der Waals surface area contributed by atoms with Crippen molar-refractivity contribution in [2.75, 3.05) is 11.9 Å². The van der Waals surface area contributed by atoms with Crippen molar-refractivity contribution in [3.05, 3.63) is 88.8 Å². The Balaban J connectivity index is 1.41. The SMILES string of the molecule is C=C(O)COc1ccc(CNc2n[nH]c3c(C(=O)NCc4ccc(F)c(Cl)c4)ncnc23)cc1. The van der Waals surface area contributed by atoms with Gasteiger partial charge in [-0.05, 0) is 35.4 Å². The van der Waals surface area contributed by atoms with Crippen molar-refractivity contribution in [1.29, 1.82) is 0 Å². The molecule has 2 aromatic heterocycles. The van der Waals surface area contributed by atoms with Crippen LogP contribution in [-0.4, -0.2) is 37.8 Å². The molecule has 4 N–H and O–H groups in total. The zero-order chi connectivity index (χ0) is 24.1. The zero-order valence-electron chi connectivity index (χ0n) is 17.8. The summed E-state index contributed by atoms with van der Waals surface area (Å²) in [7, 11) is 0. The van der Waals surface area contributed by atoms with Crippen LogP contribution in [0.15, 0.2) is 61.1 Å². The molecular formula is C23H20ClFN6O3. The van der Waals surface area contributed by atoms with Gasteiger partial charge in [-0.1, -0.05) is 36.4 Å². The number of carbonyl (C=O) groups excluding carboxylic acids is 1. The molecule has 174 valence electrons. The predicted octanol–water partition coefficient (Wildman–Crippen LogP) is 4.14. The Kier molecular flexibility index (Phi) is 6.88. The zero-order valence-corrected chi connectivity index (χ0v) is 18.6. The van der Waals surface area contributed by atoms with Gasteiger partial charge < -0.3 is 20.5 Å². The number of H-pyrrole nitrogens is 1. The van der Waals surface area contributed by atoms with E-state index in [0.29, 0.717) is 34.7 Å². The largest absolute Gasteiger partial charge is 0.509 e. The molecule has 2 aromatic carbocycles. The molecule has 11 heteroatoms. The van der Waals surface area contributed by atoms with Crippen molar-refractivity contribution in [2.45, 2.75) is 13.1 Å². The minimum absolute atomic E-state index is 0.0151. The number of anilines is 1. The molecule has 1 amide bonds. The summed E-state index contributed by atoms with van der Waals surface area (Å²) in [5.74, 6) is 0.0587. The van der Waals surface area contributed by atoms with Gasteiger partial charge in [0.2, 0.25) is 0 Å². The van der Waals surface area contributed by atoms with E-state index in [1.54, 1.807) is 12.1 Å². The van der Waals surface area contributed by atoms with Crippen LogP contribution in [0.25, 0.3) is 11.0 Å². The fourth-order valence-electron chi connectivity index (χ4n) is 3.10. The number of nitrogens with one attached hydrogen (secondary N) is 3. The summed E-state index contributed by atoms with van der Waals surface area (Å²) in [5.41, 5.74) is 2.58. The molecule has 0 aliphatic heterocycles. The summed E-state index contributed by atoms with van der Waals surface area (Å²) in [4.78, 5) is 21.0. The van der Waals surface area contributed by atoms with E-state index in [1.165, 1.54) is 24.5 Å². The van der Waals surface area contributed by atoms with Crippen LogP contribution >= 0.6 is 11.6 Å². The minimum Gasteiger partial charge on any atom is -0.509 e. The van der Waals surface area contributed by atoms with Crippen molar-refractivity contribution >= 4 is 34.4 Å². The van der Waals surface area contributed by atoms with Crippen molar-refractivity contribution in [2.24, 2.45) is 0 Å². The van der Waals surface area contributed by atoms with Crippen LogP contribution < -0.4 is 15.4 Å². The maximum Gasteiger partial charge on any atom is 0.272 e. The first-order valence-electron chi connectivity index (χ1n) is 10.1. The molecule has 9 nitrogen and oxygen atoms in total. The van der Waals surface area contributed by atoms with E-state index in [0.717, 1.165) is 5.56 Å². The van der Waals surface area contributed by atoms with Gasteiger partial charge in [0.1, 0.15) is 41.3 Å². The van der Waals surface area contributed by atoms with Gasteiger partial charge in [-0.15, -0.1) is 0 Å². The van der Waals surface area contributed by atoms with E-state index in [4.69, 9.17) is 21.4 Å². The molecule has 0 aliphatic rings. The maximum absolute atomic E-state index is 13.3. The Morgan fingerprint density at radius 1 is 1.15 bits per heavy atom. The molecule has 0 radical (unpaired) electrons. The molecule has 4 aromatic rings. The number of ether oxygens (including phenoxy) is 1. The number of rotatable bonds is 9. The minimum atomic E-state index is -0.524. The number of halogens is 2. The number of carbonyl (C=O) groups is 1. The average molecular weight is 483 g/mol. The summed E-state index contributed by atoms with van der Waals surface area (Å²) >= 11 is 5.79. The molecule has 0 saturated heterocycles. The van der Waals surface area contributed by atoms with Crippen LogP contribution in [0.1, 0.15) is 21.6 Å². The number of hydrogen-bond donors (Lipinski definition) is 4. The molecule has 0 bridgehead atoms. The fourth-order valence-corrected chi connectivity index (χ4v) is 3.31. The molecule has 2 heterocycles. The number of aromatic amines is 1. The van der Waals surface area contributed by atoms with Crippen LogP contribution in [0.3, 0.4) is 0 Å². The lowest BCUT2D eigenvalue weighted by Gasteiger charge is -2.07. The normalized spacial score (nSPS) is 10.8. The number of benzene rings is 2. The Bertz CT molecular complexity index is 1340. The number of aliphatic hydroxyl groups excluding tert-OH is 1. The molecule has 0 spiro atoms. The van der Waals surface area contributed by atoms with E-state index in [-0.39, 0.29) is 29.6 Å². The summed E-state index contributed by atoms with van der Waals surface area (Å²) in [5, 5.41) is 22.0. The predicted molar refractivity (Wildman–Crippen MR) is 125 cm³/mol. The summed E-state index contributed by atoms with van der Waals surface area (Å²) in [6, 6.07) is 11.5. The van der Waals surface area contributed by atoms with Gasteiger partial charge >= 0.3 is 0 Å². The molecule has 0 unspecified atom stereocenters. The first-order chi connectivity index (χ1) is 16.4. The van der Waals surface area contributed by atoms with Crippen LogP contribution in [0.2, 0.25) is 5.02 Å². The van der Waals surface area contributed by atoms with Gasteiger partial charge in [0.15, 0.2) is 11.5 Å². The van der Waals surface area contributed by atoms with Crippen LogP contribution in [0, 0.1) is 5.82 Å². The van der Waals surface area contributed by atoms with Crippen molar-refractivity contribution < 1.29 is 19.0 Å². The number of fused-ring (bicyclic) bond motifs is 1. The molecule has 0 fully saturated rings. The van der Waals surface area contributed by atoms with Gasteiger partial charge in [-0.2, -0.15) is 5.10 Å². The number of nitrogens with zero attached hydrogens (tertiary/aromatic N) is 3. The Hall–Kier alpha value is -4.18. The van der Waals surface area contributed by atoms with Gasteiger partial charge in [0.05, 0.1) is 5.02 Å². The quantitative estimate of drug-likeness (QED) is 0.264. The third-order valence-electron chi connectivity index (χ3n) is 4.79. The standard InChI is InChI=1S/C23H20ClFN6O3/c1-13(32)11-34-16-5-2-14(3-6-16)9-26-22-20-19(30-31-22)21(29-12-28-20)23(33)27-10-15-4-7-18(25)17(24)8-15/h2-8,12,32H,1,9-11H2,(H,27,33)(H2,26,30,31). The first kappa shape index (κ1) is 23.0. The van der Waals surface area contributed by atoms with Crippen molar-refractivity contribution in [3.8, 4) is 5.75 Å². The second kappa shape index (κ2) is 10.2. The van der Waals surface area contributed by atoms with Gasteiger partial charge in [0, 0.05) is 13.1 Å². The van der Waals surface area contributed by atoms with Gasteiger partial charge in [-0.25, -0.2) is 14.4 Å². The third kappa shape index (κ3) is 5.41. The molecule has 0 aliphatic carbocycles. The number of aliphatic hydroxyl groups is 1. The highest BCUT2D eigenvalue weighted by atomic mass is 35.5. The number of aromatic nitrogens is 4. The molecule has 0 saturated carbocycles. The van der Waals surface area contributed by atoms with Crippen LogP contribution in [0.4, 0.5) is 10.2 Å². The highest BCUT2D eigenvalue weighted by Crippen LogP contribution is 2.21. The average Bonchev–Trinajstić information content (AvgIpc) is 3.26. The fraction of sp³-hybridized carbons (Fsp3) is 0.130. The van der Waals surface area contributed by atoms with Crippen LogP contribution in [-0.2, 0) is 13.1 Å². The van der Waals surface area contributed by atoms with E-state index in [1.807, 2.05) is 12.1 Å². The Labute approximate surface area is 198 Å². The van der Waals surface area contributed by atoms with Crippen molar-refractivity contribution in [1.82, 2.24) is 25.5 Å². The molecular weight excluding hydrogens is 463 g/mol. The summed E-state index contributed by atoms with van der Waals surface area (Å²) < 4.78 is 18.7.